The van der Waals surface area contributed by atoms with Gasteiger partial charge in [-0.3, -0.25) is 9.59 Å². The minimum Gasteiger partial charge on any atom is -0.492 e. The predicted octanol–water partition coefficient (Wildman–Crippen LogP) is 5.41. The summed E-state index contributed by atoms with van der Waals surface area (Å²) >= 11 is 15.2. The number of carbonyl (C=O) groups excluding carboxylic acids is 2. The number of benzene rings is 2. The number of halogens is 3. The van der Waals surface area contributed by atoms with Crippen molar-refractivity contribution in [1.29, 1.82) is 0 Å². The van der Waals surface area contributed by atoms with Crippen molar-refractivity contribution in [3.05, 3.63) is 56.5 Å². The highest BCUT2D eigenvalue weighted by Crippen LogP contribution is 2.27. The zero-order valence-electron chi connectivity index (χ0n) is 14.6. The first-order valence-electron chi connectivity index (χ1n) is 8.14. The molecule has 8 heteroatoms. The number of amides is 1. The van der Waals surface area contributed by atoms with E-state index in [0.29, 0.717) is 34.5 Å². The maximum atomic E-state index is 11.9. The van der Waals surface area contributed by atoms with Crippen LogP contribution in [0.5, 0.6) is 5.75 Å². The second-order valence-corrected chi connectivity index (χ2v) is 7.45. The Bertz CT molecular complexity index is 829. The van der Waals surface area contributed by atoms with Gasteiger partial charge < -0.3 is 14.8 Å². The predicted molar refractivity (Wildman–Crippen MR) is 110 cm³/mol. The van der Waals surface area contributed by atoms with E-state index in [1.54, 1.807) is 30.3 Å². The van der Waals surface area contributed by atoms with Crippen LogP contribution < -0.4 is 10.1 Å². The maximum Gasteiger partial charge on any atom is 0.306 e. The largest absolute Gasteiger partial charge is 0.492 e. The van der Waals surface area contributed by atoms with Gasteiger partial charge in [0, 0.05) is 21.6 Å². The third kappa shape index (κ3) is 7.40. The van der Waals surface area contributed by atoms with Gasteiger partial charge in [0.15, 0.2) is 6.61 Å². The number of rotatable bonds is 8. The number of carbonyl (C=O) groups is 2. The van der Waals surface area contributed by atoms with Gasteiger partial charge in [-0.2, -0.15) is 0 Å². The van der Waals surface area contributed by atoms with Gasteiger partial charge in [-0.15, -0.1) is 0 Å². The van der Waals surface area contributed by atoms with Crippen LogP contribution in [-0.2, 0) is 14.3 Å². The third-order valence-corrected chi connectivity index (χ3v) is 4.53. The number of esters is 1. The van der Waals surface area contributed by atoms with Crippen LogP contribution in [0.25, 0.3) is 0 Å². The third-order valence-electron chi connectivity index (χ3n) is 3.50. The standard InChI is InChI=1S/C19H18BrCl2NO4/c1-12-9-14(21)5-6-16(12)23-18(24)11-27-19(25)3-2-8-26-17-7-4-13(20)10-15(17)22/h4-7,9-10H,2-3,8,11H2,1H3,(H,23,24). The molecule has 5 nitrogen and oxygen atoms in total. The van der Waals surface area contributed by atoms with Gasteiger partial charge in [-0.1, -0.05) is 39.1 Å². The molecule has 1 amide bonds. The van der Waals surface area contributed by atoms with Gasteiger partial charge in [0.2, 0.25) is 0 Å². The molecule has 2 rings (SSSR count). The van der Waals surface area contributed by atoms with Crippen LogP contribution in [0.2, 0.25) is 10.0 Å². The summed E-state index contributed by atoms with van der Waals surface area (Å²) in [7, 11) is 0. The summed E-state index contributed by atoms with van der Waals surface area (Å²) in [6, 6.07) is 10.4. The van der Waals surface area contributed by atoms with Crippen molar-refractivity contribution in [3.63, 3.8) is 0 Å². The average Bonchev–Trinajstić information content (AvgIpc) is 2.61. The molecule has 0 spiro atoms. The summed E-state index contributed by atoms with van der Waals surface area (Å²) in [6.07, 6.45) is 0.588. The van der Waals surface area contributed by atoms with E-state index in [9.17, 15) is 9.59 Å². The molecule has 0 saturated heterocycles. The smallest absolute Gasteiger partial charge is 0.306 e. The van der Waals surface area contributed by atoms with E-state index < -0.39 is 11.9 Å². The number of hydrogen-bond acceptors (Lipinski definition) is 4. The second-order valence-electron chi connectivity index (χ2n) is 5.69. The zero-order valence-corrected chi connectivity index (χ0v) is 17.7. The average molecular weight is 475 g/mol. The second kappa shape index (κ2) is 10.5. The molecule has 0 aliphatic heterocycles. The lowest BCUT2D eigenvalue weighted by molar-refractivity contribution is -0.147. The lowest BCUT2D eigenvalue weighted by Crippen LogP contribution is -2.21. The summed E-state index contributed by atoms with van der Waals surface area (Å²) in [5, 5.41) is 3.75. The van der Waals surface area contributed by atoms with Crippen LogP contribution in [0.15, 0.2) is 40.9 Å². The van der Waals surface area contributed by atoms with Crippen molar-refractivity contribution in [2.24, 2.45) is 0 Å². The molecule has 0 aliphatic carbocycles. The van der Waals surface area contributed by atoms with Crippen molar-refractivity contribution in [2.45, 2.75) is 19.8 Å². The van der Waals surface area contributed by atoms with Gasteiger partial charge in [0.05, 0.1) is 11.6 Å². The first-order chi connectivity index (χ1) is 12.8. The highest BCUT2D eigenvalue weighted by atomic mass is 79.9. The highest BCUT2D eigenvalue weighted by Gasteiger charge is 2.10. The molecule has 2 aromatic carbocycles. The summed E-state index contributed by atoms with van der Waals surface area (Å²) in [6.45, 7) is 1.79. The number of ether oxygens (including phenoxy) is 2. The molecule has 0 fully saturated rings. The summed E-state index contributed by atoms with van der Waals surface area (Å²) in [5.41, 5.74) is 1.45. The van der Waals surface area contributed by atoms with Crippen LogP contribution in [0, 0.1) is 6.92 Å². The number of anilines is 1. The lowest BCUT2D eigenvalue weighted by atomic mass is 10.2. The topological polar surface area (TPSA) is 64.6 Å². The van der Waals surface area contributed by atoms with E-state index >= 15 is 0 Å². The highest BCUT2D eigenvalue weighted by molar-refractivity contribution is 9.10. The zero-order chi connectivity index (χ0) is 19.8. The lowest BCUT2D eigenvalue weighted by Gasteiger charge is -2.10. The molecular weight excluding hydrogens is 457 g/mol. The van der Waals surface area contributed by atoms with E-state index in [4.69, 9.17) is 32.7 Å². The van der Waals surface area contributed by atoms with Crippen LogP contribution in [0.4, 0.5) is 5.69 Å². The maximum absolute atomic E-state index is 11.9. The van der Waals surface area contributed by atoms with Gasteiger partial charge >= 0.3 is 5.97 Å². The molecule has 27 heavy (non-hydrogen) atoms. The Labute approximate surface area is 176 Å². The minimum absolute atomic E-state index is 0.140. The minimum atomic E-state index is -0.469. The Hall–Kier alpha value is -1.76. The fourth-order valence-electron chi connectivity index (χ4n) is 2.16. The van der Waals surface area contributed by atoms with Crippen LogP contribution in [0.1, 0.15) is 18.4 Å². The fourth-order valence-corrected chi connectivity index (χ4v) is 3.12. The van der Waals surface area contributed by atoms with Crippen LogP contribution >= 0.6 is 39.1 Å². The first-order valence-corrected chi connectivity index (χ1v) is 9.69. The van der Waals surface area contributed by atoms with Crippen molar-refractivity contribution in [3.8, 4) is 5.75 Å². The molecule has 2 aromatic rings. The summed E-state index contributed by atoms with van der Waals surface area (Å²) in [4.78, 5) is 23.6. The van der Waals surface area contributed by atoms with E-state index in [0.717, 1.165) is 10.0 Å². The monoisotopic (exact) mass is 473 g/mol. The number of hydrogen-bond donors (Lipinski definition) is 1. The van der Waals surface area contributed by atoms with E-state index in [1.165, 1.54) is 0 Å². The van der Waals surface area contributed by atoms with Crippen molar-refractivity contribution in [1.82, 2.24) is 0 Å². The summed E-state index contributed by atoms with van der Waals surface area (Å²) in [5.74, 6) is -0.332. The molecule has 0 radical (unpaired) electrons. The van der Waals surface area contributed by atoms with Crippen LogP contribution in [-0.4, -0.2) is 25.1 Å². The first kappa shape index (κ1) is 21.5. The van der Waals surface area contributed by atoms with E-state index in [1.807, 2.05) is 13.0 Å². The Morgan fingerprint density at radius 3 is 2.63 bits per heavy atom. The van der Waals surface area contributed by atoms with Crippen LogP contribution in [0.3, 0.4) is 0 Å². The normalized spacial score (nSPS) is 10.4. The molecule has 0 bridgehead atoms. The molecule has 0 heterocycles. The Kier molecular flexibility index (Phi) is 8.41. The number of nitrogens with one attached hydrogen (secondary N) is 1. The summed E-state index contributed by atoms with van der Waals surface area (Å²) < 4.78 is 11.3. The quantitative estimate of drug-likeness (QED) is 0.410. The molecule has 1 N–H and O–H groups in total. The van der Waals surface area contributed by atoms with E-state index in [-0.39, 0.29) is 13.0 Å². The Morgan fingerprint density at radius 2 is 1.93 bits per heavy atom. The Morgan fingerprint density at radius 1 is 1.15 bits per heavy atom. The SMILES string of the molecule is Cc1cc(Cl)ccc1NC(=O)COC(=O)CCCOc1ccc(Br)cc1Cl. The molecule has 0 aromatic heterocycles. The number of aryl methyl sites for hydroxylation is 1. The Balaban J connectivity index is 1.66. The fraction of sp³-hybridized carbons (Fsp3) is 0.263. The van der Waals surface area contributed by atoms with E-state index in [2.05, 4.69) is 21.2 Å². The molecular formula is C19H18BrCl2NO4. The molecule has 144 valence electrons. The van der Waals surface area contributed by atoms with Gasteiger partial charge in [-0.25, -0.2) is 0 Å². The molecule has 0 atom stereocenters. The van der Waals surface area contributed by atoms with Gasteiger partial charge in [0.25, 0.3) is 5.91 Å². The molecule has 0 unspecified atom stereocenters. The van der Waals surface area contributed by atoms with Crippen molar-refractivity contribution >= 4 is 56.7 Å². The molecule has 0 saturated carbocycles. The van der Waals surface area contributed by atoms with Crippen molar-refractivity contribution < 1.29 is 19.1 Å². The molecule has 0 aliphatic rings. The van der Waals surface area contributed by atoms with Gasteiger partial charge in [0.1, 0.15) is 5.75 Å². The van der Waals surface area contributed by atoms with Gasteiger partial charge in [-0.05, 0) is 55.3 Å². The van der Waals surface area contributed by atoms with Crippen molar-refractivity contribution in [2.75, 3.05) is 18.5 Å².